The fourth-order valence-electron chi connectivity index (χ4n) is 6.22. The number of hydrogen-bond donors (Lipinski definition) is 1. The van der Waals surface area contributed by atoms with E-state index < -0.39 is 0 Å². The van der Waals surface area contributed by atoms with Gasteiger partial charge in [-0.2, -0.15) is 0 Å². The Hall–Kier alpha value is -2.55. The van der Waals surface area contributed by atoms with Crippen molar-refractivity contribution in [1.82, 2.24) is 4.98 Å². The number of ketones is 1. The predicted octanol–water partition coefficient (Wildman–Crippen LogP) is 9.57. The maximum atomic E-state index is 11.7. The molecule has 221 valence electrons. The largest absolute Gasteiger partial charge is 0.512 e. The number of rotatable bonds is 7. The topological polar surface area (TPSA) is 50.2 Å². The van der Waals surface area contributed by atoms with Crippen LogP contribution in [0.3, 0.4) is 0 Å². The van der Waals surface area contributed by atoms with Crippen molar-refractivity contribution >= 4 is 50.5 Å². The van der Waals surface area contributed by atoms with Crippen LogP contribution in [0.5, 0.6) is 0 Å². The number of aliphatic hydroxyl groups excluding tert-OH is 1. The van der Waals surface area contributed by atoms with Gasteiger partial charge in [-0.15, -0.1) is 0 Å². The van der Waals surface area contributed by atoms with Crippen molar-refractivity contribution in [2.45, 2.75) is 72.6 Å². The molecule has 0 unspecified atom stereocenters. The van der Waals surface area contributed by atoms with Crippen molar-refractivity contribution in [1.29, 1.82) is 0 Å². The molecule has 1 radical (unpaired) electrons. The molecule has 0 saturated carbocycles. The Labute approximate surface area is 269 Å². The van der Waals surface area contributed by atoms with Crippen LogP contribution in [0.25, 0.3) is 41.5 Å². The molecule has 3 aromatic carbocycles. The molecular formula is C37H40IrNO2Se-. The summed E-state index contributed by atoms with van der Waals surface area (Å²) in [5, 5.41) is 13.8. The second kappa shape index (κ2) is 13.4. The summed E-state index contributed by atoms with van der Waals surface area (Å²) in [5.74, 6) is 0.547. The van der Waals surface area contributed by atoms with Gasteiger partial charge >= 0.3 is 158 Å². The summed E-state index contributed by atoms with van der Waals surface area (Å²) in [5.41, 5.74) is 5.97. The van der Waals surface area contributed by atoms with Crippen molar-refractivity contribution in [2.75, 3.05) is 0 Å². The Morgan fingerprint density at radius 2 is 1.57 bits per heavy atom. The van der Waals surface area contributed by atoms with Gasteiger partial charge < -0.3 is 5.11 Å². The molecule has 0 aliphatic heterocycles. The van der Waals surface area contributed by atoms with E-state index in [9.17, 15) is 9.90 Å². The van der Waals surface area contributed by atoms with E-state index in [-0.39, 0.29) is 48.9 Å². The molecule has 0 saturated heterocycles. The first-order valence-electron chi connectivity index (χ1n) is 15.0. The first-order valence-corrected chi connectivity index (χ1v) is 16.7. The van der Waals surface area contributed by atoms with Crippen LogP contribution in [0, 0.1) is 17.9 Å². The molecule has 2 heterocycles. The molecule has 2 aromatic heterocycles. The van der Waals surface area contributed by atoms with Gasteiger partial charge in [-0.1, -0.05) is 27.7 Å². The summed E-state index contributed by atoms with van der Waals surface area (Å²) in [6.45, 7) is 12.8. The summed E-state index contributed by atoms with van der Waals surface area (Å²) >= 11 is 0.370. The number of aliphatic hydroxyl groups is 1. The van der Waals surface area contributed by atoms with Gasteiger partial charge in [-0.25, -0.2) is 0 Å². The summed E-state index contributed by atoms with van der Waals surface area (Å²) in [6, 6.07) is 25.5. The second-order valence-corrected chi connectivity index (χ2v) is 13.8. The molecule has 0 atom stereocenters. The SMILES string of the molecule is CC1(C)c2cc3ccccc3nc2-c2[c-]ccc3[se]c4cccc1c4c23.CCC(CC)C(=O)/C=C(\O)C(CC)CC.[Ir]. The van der Waals surface area contributed by atoms with Crippen LogP contribution in [0.4, 0.5) is 0 Å². The molecule has 0 bridgehead atoms. The molecule has 5 heteroatoms. The number of carbonyl (C=O) groups excluding carboxylic acids is 1. The first kappa shape index (κ1) is 32.4. The molecule has 1 aliphatic carbocycles. The monoisotopic (exact) mass is 803 g/mol. The minimum atomic E-state index is -0.0950. The second-order valence-electron chi connectivity index (χ2n) is 11.6. The van der Waals surface area contributed by atoms with Gasteiger partial charge in [-0.3, -0.25) is 4.79 Å². The predicted molar refractivity (Wildman–Crippen MR) is 174 cm³/mol. The maximum Gasteiger partial charge on any atom is 0.162 e. The number of carbonyl (C=O) groups is 1. The van der Waals surface area contributed by atoms with E-state index in [1.807, 2.05) is 27.7 Å². The van der Waals surface area contributed by atoms with E-state index in [1.165, 1.54) is 47.4 Å². The number of fused-ring (bicyclic) bond motifs is 3. The zero-order valence-electron chi connectivity index (χ0n) is 25.4. The molecule has 42 heavy (non-hydrogen) atoms. The van der Waals surface area contributed by atoms with Crippen molar-refractivity contribution in [3.05, 3.63) is 89.7 Å². The Kier molecular flexibility index (Phi) is 10.3. The first-order chi connectivity index (χ1) is 19.7. The van der Waals surface area contributed by atoms with Gasteiger partial charge in [0.1, 0.15) is 0 Å². The van der Waals surface area contributed by atoms with Gasteiger partial charge in [0.05, 0.1) is 5.76 Å². The van der Waals surface area contributed by atoms with Crippen LogP contribution < -0.4 is 0 Å². The standard InChI is InChI=1S/C24H16NSe.C13H24O2.Ir/c1-24(2)16-9-6-12-20-22(16)21-15(8-5-11-19(21)26-20)23-17(24)13-14-7-3-4-10-18(14)25-23;1-5-10(6-2)12(14)9-13(15)11(7-3)8-4;/h3-7,9-13H,1-2H3;9-11,14H,5-8H2,1-4H3;/q-1;;/b;12-9-;. The van der Waals surface area contributed by atoms with E-state index in [0.717, 1.165) is 36.9 Å². The average molecular weight is 802 g/mol. The van der Waals surface area contributed by atoms with Gasteiger partial charge in [0, 0.05) is 38.0 Å². The van der Waals surface area contributed by atoms with E-state index in [2.05, 4.69) is 80.6 Å². The molecule has 6 rings (SSSR count). The smallest absolute Gasteiger partial charge is 0.162 e. The normalized spacial score (nSPS) is 13.7. The zero-order valence-corrected chi connectivity index (χ0v) is 29.5. The Balaban J connectivity index is 0.000000221. The van der Waals surface area contributed by atoms with Crippen LogP contribution in [0.2, 0.25) is 0 Å². The molecule has 0 amide bonds. The van der Waals surface area contributed by atoms with E-state index in [4.69, 9.17) is 4.98 Å². The molecule has 0 spiro atoms. The Morgan fingerprint density at radius 1 is 0.905 bits per heavy atom. The van der Waals surface area contributed by atoms with Gasteiger partial charge in [0.25, 0.3) is 0 Å². The van der Waals surface area contributed by atoms with Crippen LogP contribution in [0.15, 0.2) is 72.5 Å². The van der Waals surface area contributed by atoms with Crippen LogP contribution in [0.1, 0.15) is 78.4 Å². The fourth-order valence-corrected chi connectivity index (χ4v) is 8.61. The van der Waals surface area contributed by atoms with Gasteiger partial charge in [-0.05, 0) is 25.7 Å². The molecule has 1 N–H and O–H groups in total. The number of pyridine rings is 1. The third-order valence-corrected chi connectivity index (χ3v) is 11.2. The van der Waals surface area contributed by atoms with E-state index in [1.54, 1.807) is 0 Å². The molecule has 5 aromatic rings. The molecule has 3 nitrogen and oxygen atoms in total. The Morgan fingerprint density at radius 3 is 2.26 bits per heavy atom. The minimum Gasteiger partial charge on any atom is -0.512 e. The van der Waals surface area contributed by atoms with E-state index >= 15 is 0 Å². The maximum absolute atomic E-state index is 11.7. The molecule has 1 aliphatic rings. The quantitative estimate of drug-likeness (QED) is 0.0773. The summed E-state index contributed by atoms with van der Waals surface area (Å²) in [4.78, 5) is 16.9. The minimum absolute atomic E-state index is 0. The number of allylic oxidation sites excluding steroid dienone is 2. The Bertz CT molecular complexity index is 1760. The van der Waals surface area contributed by atoms with Crippen molar-refractivity contribution in [2.24, 2.45) is 11.8 Å². The van der Waals surface area contributed by atoms with Crippen LogP contribution >= 0.6 is 0 Å². The third kappa shape index (κ3) is 5.82. The summed E-state index contributed by atoms with van der Waals surface area (Å²) < 4.78 is 2.96. The average Bonchev–Trinajstić information content (AvgIpc) is 3.33. The molecular weight excluding hydrogens is 762 g/mol. The van der Waals surface area contributed by atoms with Crippen molar-refractivity contribution in [3.63, 3.8) is 0 Å². The van der Waals surface area contributed by atoms with E-state index in [0.29, 0.717) is 14.5 Å². The van der Waals surface area contributed by atoms with Crippen molar-refractivity contribution in [3.8, 4) is 11.3 Å². The number of aromatic nitrogens is 1. The summed E-state index contributed by atoms with van der Waals surface area (Å²) in [7, 11) is 0. The summed E-state index contributed by atoms with van der Waals surface area (Å²) in [6.07, 6.45) is 4.91. The van der Waals surface area contributed by atoms with Crippen molar-refractivity contribution < 1.29 is 30.0 Å². The van der Waals surface area contributed by atoms with Crippen LogP contribution in [-0.4, -0.2) is 30.4 Å². The number of benzene rings is 3. The van der Waals surface area contributed by atoms with Gasteiger partial charge in [0.2, 0.25) is 0 Å². The van der Waals surface area contributed by atoms with Gasteiger partial charge in [0.15, 0.2) is 5.78 Å². The third-order valence-electron chi connectivity index (χ3n) is 8.84. The number of nitrogens with zero attached hydrogens (tertiary/aromatic N) is 1. The number of para-hydroxylation sites is 1. The zero-order chi connectivity index (χ0) is 29.3. The number of hydrogen-bond acceptors (Lipinski definition) is 3. The van der Waals surface area contributed by atoms with Crippen LogP contribution in [-0.2, 0) is 30.3 Å². The fraction of sp³-hybridized carbons (Fsp3) is 0.351. The molecule has 0 fully saturated rings.